The van der Waals surface area contributed by atoms with E-state index in [1.54, 1.807) is 12.1 Å². The third-order valence-electron chi connectivity index (χ3n) is 6.07. The summed E-state index contributed by atoms with van der Waals surface area (Å²) < 4.78 is 39.0. The van der Waals surface area contributed by atoms with Gasteiger partial charge in [0.1, 0.15) is 18.0 Å². The molecule has 1 saturated heterocycles. The zero-order valence-electron chi connectivity index (χ0n) is 17.3. The third-order valence-corrected chi connectivity index (χ3v) is 7.51. The summed E-state index contributed by atoms with van der Waals surface area (Å²) in [6.07, 6.45) is -1.41. The zero-order valence-corrected chi connectivity index (χ0v) is 18.2. The fraction of sp³-hybridized carbons (Fsp3) is 0.455. The number of sulfonamides is 1. The van der Waals surface area contributed by atoms with Crippen LogP contribution in [-0.2, 0) is 27.7 Å². The van der Waals surface area contributed by atoms with Crippen LogP contribution < -0.4 is 9.46 Å². The van der Waals surface area contributed by atoms with Gasteiger partial charge in [-0.3, -0.25) is 4.90 Å². The van der Waals surface area contributed by atoms with Crippen LogP contribution in [-0.4, -0.2) is 74.7 Å². The van der Waals surface area contributed by atoms with Crippen LogP contribution in [0.3, 0.4) is 0 Å². The molecule has 0 amide bonds. The second-order valence-electron chi connectivity index (χ2n) is 7.89. The minimum absolute atomic E-state index is 0.00919. The fourth-order valence-electron chi connectivity index (χ4n) is 4.40. The number of benzene rings is 2. The largest absolute Gasteiger partial charge is 0.497 e. The van der Waals surface area contributed by atoms with E-state index >= 15 is 0 Å². The van der Waals surface area contributed by atoms with E-state index in [0.29, 0.717) is 12.3 Å². The molecule has 0 radical (unpaired) electrons. The number of nitrogens with zero attached hydrogens (tertiary/aromatic N) is 1. The van der Waals surface area contributed by atoms with Crippen molar-refractivity contribution in [1.82, 2.24) is 9.62 Å². The van der Waals surface area contributed by atoms with E-state index in [1.807, 2.05) is 12.1 Å². The van der Waals surface area contributed by atoms with Gasteiger partial charge in [-0.15, -0.1) is 0 Å². The highest BCUT2D eigenvalue weighted by Gasteiger charge is 2.47. The number of hydrogen-bond acceptors (Lipinski definition) is 7. The summed E-state index contributed by atoms with van der Waals surface area (Å²) in [6, 6.07) is 13.9. The van der Waals surface area contributed by atoms with E-state index in [4.69, 9.17) is 9.47 Å². The first-order chi connectivity index (χ1) is 14.9. The number of rotatable bonds is 7. The van der Waals surface area contributed by atoms with E-state index in [2.05, 4.69) is 21.8 Å². The van der Waals surface area contributed by atoms with Crippen molar-refractivity contribution in [2.75, 3.05) is 26.8 Å². The predicted octanol–water partition coefficient (Wildman–Crippen LogP) is 0.521. The molecule has 31 heavy (non-hydrogen) atoms. The van der Waals surface area contributed by atoms with Gasteiger partial charge in [0.25, 0.3) is 0 Å². The molecule has 2 aromatic rings. The Morgan fingerprint density at radius 3 is 2.52 bits per heavy atom. The number of fused-ring (bicyclic) bond motifs is 1. The molecule has 0 aromatic heterocycles. The average molecular weight is 449 g/mol. The molecular weight excluding hydrogens is 420 g/mol. The van der Waals surface area contributed by atoms with Gasteiger partial charge >= 0.3 is 0 Å². The van der Waals surface area contributed by atoms with Crippen LogP contribution in [0.4, 0.5) is 0 Å². The first kappa shape index (κ1) is 22.2. The predicted molar refractivity (Wildman–Crippen MR) is 114 cm³/mol. The molecule has 0 saturated carbocycles. The molecule has 4 rings (SSSR count). The SMILES string of the molecule is COc1ccc(S(=O)(=O)NCC2OC(CO)C(O)C2N2CCc3ccccc3C2)cc1. The van der Waals surface area contributed by atoms with Crippen LogP contribution in [0.5, 0.6) is 5.75 Å². The molecule has 0 spiro atoms. The highest BCUT2D eigenvalue weighted by molar-refractivity contribution is 7.89. The summed E-state index contributed by atoms with van der Waals surface area (Å²) >= 11 is 0. The zero-order chi connectivity index (χ0) is 22.0. The number of aliphatic hydroxyl groups is 2. The summed E-state index contributed by atoms with van der Waals surface area (Å²) in [5.74, 6) is 0.567. The maximum absolute atomic E-state index is 12.7. The molecule has 0 bridgehead atoms. The lowest BCUT2D eigenvalue weighted by atomic mass is 9.95. The molecule has 168 valence electrons. The van der Waals surface area contributed by atoms with Crippen molar-refractivity contribution in [3.63, 3.8) is 0 Å². The molecule has 8 nitrogen and oxygen atoms in total. The number of hydrogen-bond donors (Lipinski definition) is 3. The molecule has 1 fully saturated rings. The fourth-order valence-corrected chi connectivity index (χ4v) is 5.44. The maximum Gasteiger partial charge on any atom is 0.240 e. The van der Waals surface area contributed by atoms with Crippen LogP contribution in [0.25, 0.3) is 0 Å². The van der Waals surface area contributed by atoms with Gasteiger partial charge in [0.05, 0.1) is 30.8 Å². The van der Waals surface area contributed by atoms with E-state index in [1.165, 1.54) is 30.4 Å². The molecule has 0 aliphatic carbocycles. The minimum Gasteiger partial charge on any atom is -0.497 e. The Hall–Kier alpha value is -2.01. The molecule has 2 aliphatic heterocycles. The molecule has 2 aromatic carbocycles. The Labute approximate surface area is 182 Å². The van der Waals surface area contributed by atoms with Crippen LogP contribution in [0.1, 0.15) is 11.1 Å². The third kappa shape index (κ3) is 4.62. The van der Waals surface area contributed by atoms with Crippen molar-refractivity contribution in [2.45, 2.75) is 42.2 Å². The minimum atomic E-state index is -3.77. The van der Waals surface area contributed by atoms with E-state index in [9.17, 15) is 18.6 Å². The molecule has 9 heteroatoms. The van der Waals surface area contributed by atoms with Crippen molar-refractivity contribution in [2.24, 2.45) is 0 Å². The lowest BCUT2D eigenvalue weighted by Gasteiger charge is -2.37. The lowest BCUT2D eigenvalue weighted by Crippen LogP contribution is -2.52. The average Bonchev–Trinajstić information content (AvgIpc) is 3.12. The molecular formula is C22H28N2O6S. The normalized spacial score (nSPS) is 26.5. The number of aliphatic hydroxyl groups excluding tert-OH is 2. The topological polar surface area (TPSA) is 108 Å². The summed E-state index contributed by atoms with van der Waals surface area (Å²) in [6.45, 7) is 1.03. The van der Waals surface area contributed by atoms with Gasteiger partial charge in [0, 0.05) is 19.6 Å². The Morgan fingerprint density at radius 2 is 1.84 bits per heavy atom. The Morgan fingerprint density at radius 1 is 1.13 bits per heavy atom. The number of methoxy groups -OCH3 is 1. The Kier molecular flexibility index (Phi) is 6.61. The van der Waals surface area contributed by atoms with Crippen molar-refractivity contribution >= 4 is 10.0 Å². The molecule has 2 aliphatic rings. The standard InChI is InChI=1S/C22H28N2O6S/c1-29-17-6-8-18(9-7-17)31(27,28)23-12-19-21(22(26)20(14-25)30-19)24-11-10-15-4-2-3-5-16(15)13-24/h2-9,19-23,25-26H,10-14H2,1H3. The van der Waals surface area contributed by atoms with Crippen molar-refractivity contribution < 1.29 is 28.1 Å². The smallest absolute Gasteiger partial charge is 0.240 e. The van der Waals surface area contributed by atoms with Gasteiger partial charge in [-0.25, -0.2) is 13.1 Å². The van der Waals surface area contributed by atoms with E-state index in [-0.39, 0.29) is 18.0 Å². The maximum atomic E-state index is 12.7. The number of nitrogens with one attached hydrogen (secondary N) is 1. The summed E-state index contributed by atoms with van der Waals surface area (Å²) in [4.78, 5) is 2.24. The van der Waals surface area contributed by atoms with Crippen molar-refractivity contribution in [3.05, 3.63) is 59.7 Å². The summed E-state index contributed by atoms with van der Waals surface area (Å²) in [7, 11) is -2.25. The van der Waals surface area contributed by atoms with Gasteiger partial charge < -0.3 is 19.7 Å². The lowest BCUT2D eigenvalue weighted by molar-refractivity contribution is -0.0201. The highest BCUT2D eigenvalue weighted by Crippen LogP contribution is 2.30. The molecule has 3 N–H and O–H groups in total. The van der Waals surface area contributed by atoms with Crippen molar-refractivity contribution in [3.8, 4) is 5.75 Å². The molecule has 4 unspecified atom stereocenters. The number of ether oxygens (including phenoxy) is 2. The second kappa shape index (κ2) is 9.23. The highest BCUT2D eigenvalue weighted by atomic mass is 32.2. The first-order valence-corrected chi connectivity index (χ1v) is 11.8. The molecule has 4 atom stereocenters. The van der Waals surface area contributed by atoms with E-state index < -0.39 is 34.4 Å². The summed E-state index contributed by atoms with van der Waals surface area (Å²) in [5, 5.41) is 20.4. The van der Waals surface area contributed by atoms with Gasteiger partial charge in [0.15, 0.2) is 0 Å². The quantitative estimate of drug-likeness (QED) is 0.567. The van der Waals surface area contributed by atoms with Crippen LogP contribution in [0.15, 0.2) is 53.4 Å². The Bertz CT molecular complexity index is 997. The van der Waals surface area contributed by atoms with Gasteiger partial charge in [-0.1, -0.05) is 24.3 Å². The molecule has 2 heterocycles. The monoisotopic (exact) mass is 448 g/mol. The van der Waals surface area contributed by atoms with Gasteiger partial charge in [0.2, 0.25) is 10.0 Å². The van der Waals surface area contributed by atoms with Crippen molar-refractivity contribution in [1.29, 1.82) is 0 Å². The van der Waals surface area contributed by atoms with E-state index in [0.717, 1.165) is 13.0 Å². The van der Waals surface area contributed by atoms with Gasteiger partial charge in [-0.05, 0) is 41.8 Å². The first-order valence-electron chi connectivity index (χ1n) is 10.3. The Balaban J connectivity index is 1.49. The second-order valence-corrected chi connectivity index (χ2v) is 9.66. The summed E-state index contributed by atoms with van der Waals surface area (Å²) in [5.41, 5.74) is 2.47. The van der Waals surface area contributed by atoms with Gasteiger partial charge in [-0.2, -0.15) is 0 Å². The van der Waals surface area contributed by atoms with Crippen LogP contribution in [0, 0.1) is 0 Å². The van der Waals surface area contributed by atoms with Crippen LogP contribution in [0.2, 0.25) is 0 Å². The van der Waals surface area contributed by atoms with Crippen LogP contribution >= 0.6 is 0 Å².